The average molecular weight is 487 g/mol. The predicted molar refractivity (Wildman–Crippen MR) is 123 cm³/mol. The second kappa shape index (κ2) is 11.4. The number of amides is 1. The Balaban J connectivity index is 1.69. The average Bonchev–Trinajstić information content (AvgIpc) is 2.81. The number of alkyl halides is 3. The number of halogens is 3. The first-order valence-electron chi connectivity index (χ1n) is 10.8. The molecule has 0 aromatic heterocycles. The molecule has 1 amide bonds. The van der Waals surface area contributed by atoms with E-state index in [0.717, 1.165) is 23.3 Å². The molecule has 0 aliphatic heterocycles. The third-order valence-corrected chi connectivity index (χ3v) is 5.02. The molecule has 3 aromatic carbocycles. The molecule has 0 aliphatic rings. The maximum Gasteiger partial charge on any atom is 0.416 e. The minimum atomic E-state index is -4.48. The number of ether oxygens (including phenoxy) is 2. The van der Waals surface area contributed by atoms with Crippen LogP contribution in [0.3, 0.4) is 0 Å². The molecule has 0 bridgehead atoms. The minimum absolute atomic E-state index is 0.0550. The van der Waals surface area contributed by atoms with Crippen LogP contribution in [0.25, 0.3) is 11.1 Å². The van der Waals surface area contributed by atoms with Crippen molar-refractivity contribution in [1.82, 2.24) is 5.32 Å². The van der Waals surface area contributed by atoms with Crippen molar-refractivity contribution in [2.75, 3.05) is 6.61 Å². The number of alkyl carbamates (subject to hydrolysis) is 1. The van der Waals surface area contributed by atoms with Gasteiger partial charge in [0.05, 0.1) is 18.6 Å². The zero-order chi connectivity index (χ0) is 25.4. The van der Waals surface area contributed by atoms with Crippen LogP contribution in [0.15, 0.2) is 66.7 Å². The Bertz CT molecular complexity index is 1190. The molecule has 2 N–H and O–H groups in total. The van der Waals surface area contributed by atoms with Crippen molar-refractivity contribution >= 4 is 12.1 Å². The number of hydrogen-bond acceptors (Lipinski definition) is 4. The molecule has 3 rings (SSSR count). The lowest BCUT2D eigenvalue weighted by atomic mass is 9.99. The smallest absolute Gasteiger partial charge is 0.416 e. The molecular weight excluding hydrogens is 463 g/mol. The Morgan fingerprint density at radius 3 is 2.37 bits per heavy atom. The fourth-order valence-electron chi connectivity index (χ4n) is 3.43. The van der Waals surface area contributed by atoms with Gasteiger partial charge in [0, 0.05) is 12.1 Å². The quantitative estimate of drug-likeness (QED) is 0.397. The fourth-order valence-corrected chi connectivity index (χ4v) is 3.43. The highest BCUT2D eigenvalue weighted by molar-refractivity contribution is 5.73. The van der Waals surface area contributed by atoms with Gasteiger partial charge in [-0.25, -0.2) is 4.79 Å². The summed E-state index contributed by atoms with van der Waals surface area (Å²) >= 11 is 0. The lowest BCUT2D eigenvalue weighted by molar-refractivity contribution is -0.138. The van der Waals surface area contributed by atoms with Crippen molar-refractivity contribution < 1.29 is 37.3 Å². The maximum atomic E-state index is 12.9. The summed E-state index contributed by atoms with van der Waals surface area (Å²) in [5.74, 6) is -0.376. The van der Waals surface area contributed by atoms with Crippen LogP contribution in [0.1, 0.15) is 29.2 Å². The number of carbonyl (C=O) groups excluding carboxylic acids is 1. The molecular formula is C26H24F3NO5. The number of carboxylic acid groups (broad SMARTS) is 1. The molecule has 0 saturated carbocycles. The molecule has 0 heterocycles. The molecule has 35 heavy (non-hydrogen) atoms. The van der Waals surface area contributed by atoms with E-state index >= 15 is 0 Å². The van der Waals surface area contributed by atoms with E-state index in [1.54, 1.807) is 24.3 Å². The van der Waals surface area contributed by atoms with E-state index < -0.39 is 23.8 Å². The summed E-state index contributed by atoms with van der Waals surface area (Å²) in [4.78, 5) is 23.2. The van der Waals surface area contributed by atoms with Crippen LogP contribution in [0.5, 0.6) is 5.75 Å². The molecule has 0 aliphatic carbocycles. The molecule has 0 radical (unpaired) electrons. The zero-order valence-electron chi connectivity index (χ0n) is 18.9. The van der Waals surface area contributed by atoms with E-state index in [1.807, 2.05) is 25.1 Å². The molecule has 0 unspecified atom stereocenters. The highest BCUT2D eigenvalue weighted by atomic mass is 19.4. The summed E-state index contributed by atoms with van der Waals surface area (Å²) in [6.45, 7) is 1.97. The monoisotopic (exact) mass is 487 g/mol. The molecule has 0 saturated heterocycles. The van der Waals surface area contributed by atoms with E-state index in [4.69, 9.17) is 14.6 Å². The van der Waals surface area contributed by atoms with Crippen LogP contribution in [0.2, 0.25) is 0 Å². The summed E-state index contributed by atoms with van der Waals surface area (Å²) < 4.78 is 49.3. The van der Waals surface area contributed by atoms with Gasteiger partial charge in [0.1, 0.15) is 12.4 Å². The van der Waals surface area contributed by atoms with Gasteiger partial charge in [0.2, 0.25) is 0 Å². The summed E-state index contributed by atoms with van der Waals surface area (Å²) in [5, 5.41) is 11.6. The van der Waals surface area contributed by atoms with Crippen LogP contribution in [-0.4, -0.2) is 23.8 Å². The first kappa shape index (κ1) is 25.6. The molecule has 3 aromatic rings. The normalized spacial score (nSPS) is 11.1. The Hall–Kier alpha value is -4.01. The minimum Gasteiger partial charge on any atom is -0.494 e. The van der Waals surface area contributed by atoms with Crippen LogP contribution in [0.4, 0.5) is 18.0 Å². The molecule has 0 atom stereocenters. The Labute approximate surface area is 200 Å². The van der Waals surface area contributed by atoms with E-state index in [0.29, 0.717) is 23.5 Å². The van der Waals surface area contributed by atoms with Crippen LogP contribution in [-0.2, 0) is 35.3 Å². The number of carboxylic acids is 1. The summed E-state index contributed by atoms with van der Waals surface area (Å²) in [6, 6.07) is 17.1. The first-order valence-corrected chi connectivity index (χ1v) is 10.8. The second-order valence-corrected chi connectivity index (χ2v) is 7.65. The van der Waals surface area contributed by atoms with Gasteiger partial charge in [-0.1, -0.05) is 42.5 Å². The van der Waals surface area contributed by atoms with Crippen LogP contribution >= 0.6 is 0 Å². The van der Waals surface area contributed by atoms with Gasteiger partial charge in [-0.05, 0) is 53.4 Å². The Morgan fingerprint density at radius 1 is 0.943 bits per heavy atom. The number of rotatable bonds is 9. The van der Waals surface area contributed by atoms with Crippen molar-refractivity contribution in [2.45, 2.75) is 32.7 Å². The van der Waals surface area contributed by atoms with Crippen LogP contribution in [0, 0.1) is 0 Å². The fraction of sp³-hybridized carbons (Fsp3) is 0.231. The van der Waals surface area contributed by atoms with Crippen molar-refractivity contribution in [3.8, 4) is 16.9 Å². The maximum absolute atomic E-state index is 12.9. The molecule has 6 nitrogen and oxygen atoms in total. The lowest BCUT2D eigenvalue weighted by Gasteiger charge is -2.14. The summed E-state index contributed by atoms with van der Waals surface area (Å²) in [6.07, 6.45) is -5.37. The standard InChI is InChI=1S/C26H24F3NO5/c1-2-34-23-10-9-20(19-7-3-5-17(11-19)13-24(31)32)14-21(23)15-30-25(33)35-16-18-6-4-8-22(12-18)26(27,28)29/h3-12,14H,2,13,15-16H2,1H3,(H,30,33)(H,31,32). The molecule has 0 spiro atoms. The number of carbonyl (C=O) groups is 2. The van der Waals surface area contributed by atoms with Gasteiger partial charge in [0.15, 0.2) is 0 Å². The number of nitrogens with one attached hydrogen (secondary N) is 1. The largest absolute Gasteiger partial charge is 0.494 e. The molecule has 9 heteroatoms. The molecule has 184 valence electrons. The number of benzene rings is 3. The van der Waals surface area contributed by atoms with Gasteiger partial charge in [-0.3, -0.25) is 4.79 Å². The van der Waals surface area contributed by atoms with Crippen molar-refractivity contribution in [1.29, 1.82) is 0 Å². The Kier molecular flexibility index (Phi) is 8.35. The van der Waals surface area contributed by atoms with E-state index in [2.05, 4.69) is 5.32 Å². The first-order chi connectivity index (χ1) is 16.7. The third-order valence-electron chi connectivity index (χ3n) is 5.02. The summed E-state index contributed by atoms with van der Waals surface area (Å²) in [7, 11) is 0. The van der Waals surface area contributed by atoms with Crippen molar-refractivity contribution in [3.63, 3.8) is 0 Å². The third kappa shape index (κ3) is 7.49. The van der Waals surface area contributed by atoms with Gasteiger partial charge in [-0.15, -0.1) is 0 Å². The van der Waals surface area contributed by atoms with Gasteiger partial charge >= 0.3 is 18.2 Å². The SMILES string of the molecule is CCOc1ccc(-c2cccc(CC(=O)O)c2)cc1CNC(=O)OCc1cccc(C(F)(F)F)c1. The van der Waals surface area contributed by atoms with Gasteiger partial charge < -0.3 is 19.9 Å². The highest BCUT2D eigenvalue weighted by Crippen LogP contribution is 2.30. The van der Waals surface area contributed by atoms with Crippen LogP contribution < -0.4 is 10.1 Å². The van der Waals surface area contributed by atoms with Crippen molar-refractivity contribution in [2.24, 2.45) is 0 Å². The highest BCUT2D eigenvalue weighted by Gasteiger charge is 2.30. The topological polar surface area (TPSA) is 84.9 Å². The van der Waals surface area contributed by atoms with Crippen molar-refractivity contribution in [3.05, 3.63) is 89.0 Å². The number of aliphatic carboxylic acids is 1. The summed E-state index contributed by atoms with van der Waals surface area (Å²) in [5.41, 5.74) is 2.32. The lowest BCUT2D eigenvalue weighted by Crippen LogP contribution is -2.24. The van der Waals surface area contributed by atoms with Gasteiger partial charge in [0.25, 0.3) is 0 Å². The zero-order valence-corrected chi connectivity index (χ0v) is 18.9. The van der Waals surface area contributed by atoms with Gasteiger partial charge in [-0.2, -0.15) is 13.2 Å². The van der Waals surface area contributed by atoms with E-state index in [1.165, 1.54) is 12.1 Å². The molecule has 0 fully saturated rings. The Morgan fingerprint density at radius 2 is 1.66 bits per heavy atom. The predicted octanol–water partition coefficient (Wildman–Crippen LogP) is 5.82. The number of hydrogen-bond donors (Lipinski definition) is 2. The van der Waals surface area contributed by atoms with E-state index in [9.17, 15) is 22.8 Å². The second-order valence-electron chi connectivity index (χ2n) is 7.65. The van der Waals surface area contributed by atoms with E-state index in [-0.39, 0.29) is 25.1 Å².